The fourth-order valence-electron chi connectivity index (χ4n) is 1.22. The number of aromatic nitrogens is 2. The maximum Gasteiger partial charge on any atom is 0.271 e. The highest BCUT2D eigenvalue weighted by Gasteiger charge is 2.13. The summed E-state index contributed by atoms with van der Waals surface area (Å²) >= 11 is 3.19. The van der Waals surface area contributed by atoms with Crippen molar-refractivity contribution in [2.45, 2.75) is 6.92 Å². The number of nitrogens with zero attached hydrogens (tertiary/aromatic N) is 3. The zero-order chi connectivity index (χ0) is 11.7. The summed E-state index contributed by atoms with van der Waals surface area (Å²) in [5.41, 5.74) is 0.488. The molecule has 0 atom stereocenters. The van der Waals surface area contributed by atoms with Crippen LogP contribution in [0.1, 0.15) is 5.82 Å². The Hall–Kier alpha value is -1.76. The molecule has 0 saturated heterocycles. The predicted octanol–water partition coefficient (Wildman–Crippen LogP) is 2.72. The minimum atomic E-state index is -0.475. The van der Waals surface area contributed by atoms with Crippen molar-refractivity contribution in [1.82, 2.24) is 10.1 Å². The lowest BCUT2D eigenvalue weighted by molar-refractivity contribution is -0.384. The summed E-state index contributed by atoms with van der Waals surface area (Å²) in [5, 5.41) is 14.3. The van der Waals surface area contributed by atoms with E-state index < -0.39 is 4.92 Å². The molecule has 0 amide bonds. The van der Waals surface area contributed by atoms with Gasteiger partial charge in [-0.15, -0.1) is 0 Å². The van der Waals surface area contributed by atoms with E-state index in [0.29, 0.717) is 15.9 Å². The van der Waals surface area contributed by atoms with Crippen LogP contribution in [0.25, 0.3) is 11.5 Å². The number of halogens is 1. The van der Waals surface area contributed by atoms with Gasteiger partial charge in [0.15, 0.2) is 5.82 Å². The molecule has 7 heteroatoms. The highest BCUT2D eigenvalue weighted by Crippen LogP contribution is 2.27. The zero-order valence-electron chi connectivity index (χ0n) is 8.18. The summed E-state index contributed by atoms with van der Waals surface area (Å²) in [7, 11) is 0. The normalized spacial score (nSPS) is 10.4. The van der Waals surface area contributed by atoms with Gasteiger partial charge >= 0.3 is 0 Å². The molecular formula is C9H6BrN3O3. The maximum atomic E-state index is 10.7. The van der Waals surface area contributed by atoms with Gasteiger partial charge in [0.1, 0.15) is 0 Å². The molecule has 1 aromatic heterocycles. The Morgan fingerprint density at radius 1 is 1.44 bits per heavy atom. The first-order valence-electron chi connectivity index (χ1n) is 4.32. The van der Waals surface area contributed by atoms with Crippen LogP contribution in [0.5, 0.6) is 0 Å². The molecule has 6 nitrogen and oxygen atoms in total. The third kappa shape index (κ3) is 2.08. The van der Waals surface area contributed by atoms with Gasteiger partial charge in [-0.3, -0.25) is 10.1 Å². The van der Waals surface area contributed by atoms with Crippen LogP contribution in [0.15, 0.2) is 27.2 Å². The number of aryl methyl sites for hydroxylation is 1. The van der Waals surface area contributed by atoms with Crippen molar-refractivity contribution < 1.29 is 9.45 Å². The van der Waals surface area contributed by atoms with Crippen molar-refractivity contribution >= 4 is 21.6 Å². The van der Waals surface area contributed by atoms with Gasteiger partial charge in [-0.1, -0.05) is 21.1 Å². The SMILES string of the molecule is Cc1noc(-c2cc(Br)cc([N+](=O)[O-])c2)n1. The Morgan fingerprint density at radius 2 is 2.19 bits per heavy atom. The van der Waals surface area contributed by atoms with E-state index >= 15 is 0 Å². The van der Waals surface area contributed by atoms with Crippen LogP contribution in [0.3, 0.4) is 0 Å². The summed E-state index contributed by atoms with van der Waals surface area (Å²) in [5.74, 6) is 0.750. The van der Waals surface area contributed by atoms with E-state index in [0.717, 1.165) is 0 Å². The van der Waals surface area contributed by atoms with E-state index in [1.54, 1.807) is 13.0 Å². The van der Waals surface area contributed by atoms with Crippen molar-refractivity contribution in [2.24, 2.45) is 0 Å². The van der Waals surface area contributed by atoms with Gasteiger partial charge in [0.05, 0.1) is 4.92 Å². The van der Waals surface area contributed by atoms with Crippen LogP contribution in [0.2, 0.25) is 0 Å². The summed E-state index contributed by atoms with van der Waals surface area (Å²) in [6, 6.07) is 4.48. The Kier molecular flexibility index (Phi) is 2.69. The first-order chi connectivity index (χ1) is 7.56. The standard InChI is InChI=1S/C9H6BrN3O3/c1-5-11-9(16-12-5)6-2-7(10)4-8(3-6)13(14)15/h2-4H,1H3. The molecule has 2 aromatic rings. The van der Waals surface area contributed by atoms with Crippen LogP contribution in [-0.4, -0.2) is 15.1 Å². The van der Waals surface area contributed by atoms with Gasteiger partial charge in [-0.2, -0.15) is 4.98 Å². The smallest absolute Gasteiger partial charge is 0.271 e. The van der Waals surface area contributed by atoms with Crippen LogP contribution in [0.4, 0.5) is 5.69 Å². The Morgan fingerprint density at radius 3 is 2.75 bits per heavy atom. The fourth-order valence-corrected chi connectivity index (χ4v) is 1.70. The van der Waals surface area contributed by atoms with Gasteiger partial charge in [0.25, 0.3) is 11.6 Å². The number of benzene rings is 1. The highest BCUT2D eigenvalue weighted by atomic mass is 79.9. The lowest BCUT2D eigenvalue weighted by atomic mass is 10.2. The molecule has 82 valence electrons. The molecule has 1 aromatic carbocycles. The third-order valence-corrected chi connectivity index (χ3v) is 2.33. The summed E-state index contributed by atoms with van der Waals surface area (Å²) in [6.07, 6.45) is 0. The molecule has 0 fully saturated rings. The summed E-state index contributed by atoms with van der Waals surface area (Å²) in [4.78, 5) is 14.2. The summed E-state index contributed by atoms with van der Waals surface area (Å²) in [6.45, 7) is 1.68. The van der Waals surface area contributed by atoms with E-state index in [9.17, 15) is 10.1 Å². The molecule has 0 saturated carbocycles. The number of nitro benzene ring substituents is 1. The second-order valence-electron chi connectivity index (χ2n) is 3.10. The molecular weight excluding hydrogens is 278 g/mol. The van der Waals surface area contributed by atoms with Crippen LogP contribution in [-0.2, 0) is 0 Å². The number of non-ortho nitro benzene ring substituents is 1. The van der Waals surface area contributed by atoms with Crippen molar-refractivity contribution in [3.05, 3.63) is 38.6 Å². The molecule has 0 radical (unpaired) electrons. The predicted molar refractivity (Wildman–Crippen MR) is 58.8 cm³/mol. The highest BCUT2D eigenvalue weighted by molar-refractivity contribution is 9.10. The lowest BCUT2D eigenvalue weighted by Gasteiger charge is -1.96. The monoisotopic (exact) mass is 283 g/mol. The van der Waals surface area contributed by atoms with Crippen LogP contribution >= 0.6 is 15.9 Å². The van der Waals surface area contributed by atoms with Gasteiger partial charge in [0.2, 0.25) is 0 Å². The van der Waals surface area contributed by atoms with Crippen LogP contribution < -0.4 is 0 Å². The van der Waals surface area contributed by atoms with Gasteiger partial charge in [-0.25, -0.2) is 0 Å². The van der Waals surface area contributed by atoms with E-state index in [4.69, 9.17) is 4.52 Å². The number of rotatable bonds is 2. The lowest BCUT2D eigenvalue weighted by Crippen LogP contribution is -1.89. The van der Waals surface area contributed by atoms with E-state index in [2.05, 4.69) is 26.1 Å². The minimum Gasteiger partial charge on any atom is -0.334 e. The van der Waals surface area contributed by atoms with E-state index in [1.165, 1.54) is 12.1 Å². The van der Waals surface area contributed by atoms with E-state index in [-0.39, 0.29) is 11.6 Å². The Balaban J connectivity index is 2.53. The van der Waals surface area contributed by atoms with Crippen molar-refractivity contribution in [2.75, 3.05) is 0 Å². The van der Waals surface area contributed by atoms with Gasteiger partial charge in [-0.05, 0) is 13.0 Å². The molecule has 16 heavy (non-hydrogen) atoms. The zero-order valence-corrected chi connectivity index (χ0v) is 9.76. The second-order valence-corrected chi connectivity index (χ2v) is 4.02. The van der Waals surface area contributed by atoms with Crippen LogP contribution in [0, 0.1) is 17.0 Å². The Bertz CT molecular complexity index is 553. The molecule has 0 N–H and O–H groups in total. The first-order valence-corrected chi connectivity index (χ1v) is 5.11. The molecule has 0 spiro atoms. The molecule has 0 bridgehead atoms. The third-order valence-electron chi connectivity index (χ3n) is 1.87. The molecule has 2 rings (SSSR count). The average molecular weight is 284 g/mol. The quantitative estimate of drug-likeness (QED) is 0.625. The molecule has 0 aliphatic rings. The molecule has 0 unspecified atom stereocenters. The van der Waals surface area contributed by atoms with Crippen molar-refractivity contribution in [1.29, 1.82) is 0 Å². The molecule has 1 heterocycles. The van der Waals surface area contributed by atoms with Crippen molar-refractivity contribution in [3.63, 3.8) is 0 Å². The number of hydrogen-bond acceptors (Lipinski definition) is 5. The average Bonchev–Trinajstić information content (AvgIpc) is 2.64. The van der Waals surface area contributed by atoms with E-state index in [1.807, 2.05) is 0 Å². The number of nitro groups is 1. The first kappa shape index (κ1) is 10.7. The molecule has 0 aliphatic heterocycles. The van der Waals surface area contributed by atoms with Crippen molar-refractivity contribution in [3.8, 4) is 11.5 Å². The maximum absolute atomic E-state index is 10.7. The number of hydrogen-bond donors (Lipinski definition) is 0. The van der Waals surface area contributed by atoms with Gasteiger partial charge < -0.3 is 4.52 Å². The minimum absolute atomic E-state index is 0.0276. The molecule has 0 aliphatic carbocycles. The fraction of sp³-hybridized carbons (Fsp3) is 0.111. The van der Waals surface area contributed by atoms with Gasteiger partial charge in [0, 0.05) is 22.2 Å². The Labute approximate surface area is 98.6 Å². The largest absolute Gasteiger partial charge is 0.334 e. The topological polar surface area (TPSA) is 82.1 Å². The summed E-state index contributed by atoms with van der Waals surface area (Å²) < 4.78 is 5.53. The second kappa shape index (κ2) is 4.01.